The molecule has 0 saturated carbocycles. The van der Waals surface area contributed by atoms with Crippen LogP contribution in [0.1, 0.15) is 28.4 Å². The Morgan fingerprint density at radius 2 is 1.93 bits per heavy atom. The summed E-state index contributed by atoms with van der Waals surface area (Å²) in [7, 11) is 0. The Hall–Kier alpha value is -1.70. The smallest absolute Gasteiger partial charge is 0.233 e. The fourth-order valence-corrected chi connectivity index (χ4v) is 1.55. The Labute approximate surface area is 82.2 Å². The third-order valence-corrected chi connectivity index (χ3v) is 2.41. The standard InChI is InChI=1S/C12H10O2/c1-2-8-3-5-10-9(7-8)4-6-11(13)12(10)14/h3-7H,2H2,1H3. The van der Waals surface area contributed by atoms with Gasteiger partial charge in [-0.15, -0.1) is 0 Å². The zero-order chi connectivity index (χ0) is 10.1. The van der Waals surface area contributed by atoms with Crippen LogP contribution < -0.4 is 0 Å². The third kappa shape index (κ3) is 1.29. The van der Waals surface area contributed by atoms with Gasteiger partial charge in [0.15, 0.2) is 0 Å². The van der Waals surface area contributed by atoms with Crippen molar-refractivity contribution in [1.82, 2.24) is 0 Å². The first-order chi connectivity index (χ1) is 6.72. The molecule has 0 fully saturated rings. The quantitative estimate of drug-likeness (QED) is 0.629. The number of allylic oxidation sites excluding steroid dienone is 1. The minimum absolute atomic E-state index is 0.398. The molecule has 0 aromatic heterocycles. The molecule has 0 bridgehead atoms. The number of fused-ring (bicyclic) bond motifs is 1. The fourth-order valence-electron chi connectivity index (χ4n) is 1.55. The van der Waals surface area contributed by atoms with Gasteiger partial charge in [0.05, 0.1) is 0 Å². The number of aryl methyl sites for hydroxylation is 1. The van der Waals surface area contributed by atoms with E-state index in [1.807, 2.05) is 12.1 Å². The van der Waals surface area contributed by atoms with E-state index in [9.17, 15) is 9.59 Å². The highest BCUT2D eigenvalue weighted by atomic mass is 16.2. The molecule has 0 spiro atoms. The summed E-state index contributed by atoms with van der Waals surface area (Å²) in [6, 6.07) is 5.58. The molecule has 2 nitrogen and oxygen atoms in total. The summed E-state index contributed by atoms with van der Waals surface area (Å²) in [4.78, 5) is 22.5. The molecular formula is C12H10O2. The van der Waals surface area contributed by atoms with Gasteiger partial charge in [0, 0.05) is 5.56 Å². The molecule has 1 aromatic carbocycles. The number of hydrogen-bond acceptors (Lipinski definition) is 2. The summed E-state index contributed by atoms with van der Waals surface area (Å²) < 4.78 is 0. The molecule has 1 aliphatic carbocycles. The average Bonchev–Trinajstić information content (AvgIpc) is 2.23. The normalized spacial score (nSPS) is 14.4. The van der Waals surface area contributed by atoms with Crippen molar-refractivity contribution in [2.75, 3.05) is 0 Å². The molecule has 1 aliphatic rings. The summed E-state index contributed by atoms with van der Waals surface area (Å²) in [5, 5.41) is 0. The predicted octanol–water partition coefficient (Wildman–Crippen LogP) is 2.03. The number of rotatable bonds is 1. The number of benzene rings is 1. The molecule has 14 heavy (non-hydrogen) atoms. The van der Waals surface area contributed by atoms with Gasteiger partial charge in [0.25, 0.3) is 0 Å². The van der Waals surface area contributed by atoms with Gasteiger partial charge in [0.1, 0.15) is 0 Å². The van der Waals surface area contributed by atoms with Crippen LogP contribution in [0.4, 0.5) is 0 Å². The van der Waals surface area contributed by atoms with Crippen LogP contribution in [0.3, 0.4) is 0 Å². The summed E-state index contributed by atoms with van der Waals surface area (Å²) in [6.45, 7) is 2.06. The number of carbonyl (C=O) groups excluding carboxylic acids is 2. The lowest BCUT2D eigenvalue weighted by Crippen LogP contribution is -2.16. The Bertz CT molecular complexity index is 442. The Balaban J connectivity index is 2.57. The Kier molecular flexibility index (Phi) is 2.04. The Morgan fingerprint density at radius 1 is 1.14 bits per heavy atom. The first-order valence-electron chi connectivity index (χ1n) is 4.62. The van der Waals surface area contributed by atoms with Crippen LogP contribution in [0.2, 0.25) is 0 Å². The van der Waals surface area contributed by atoms with E-state index in [0.717, 1.165) is 12.0 Å². The molecule has 0 radical (unpaired) electrons. The van der Waals surface area contributed by atoms with Gasteiger partial charge < -0.3 is 0 Å². The van der Waals surface area contributed by atoms with Gasteiger partial charge in [-0.05, 0) is 23.6 Å². The molecule has 0 heterocycles. The molecule has 2 rings (SSSR count). The average molecular weight is 186 g/mol. The van der Waals surface area contributed by atoms with E-state index in [1.54, 1.807) is 12.1 Å². The van der Waals surface area contributed by atoms with Crippen molar-refractivity contribution in [2.45, 2.75) is 13.3 Å². The highest BCUT2D eigenvalue weighted by Gasteiger charge is 2.20. The van der Waals surface area contributed by atoms with Crippen LogP contribution in [0, 0.1) is 0 Å². The topological polar surface area (TPSA) is 34.1 Å². The fraction of sp³-hybridized carbons (Fsp3) is 0.167. The highest BCUT2D eigenvalue weighted by molar-refractivity contribution is 6.49. The van der Waals surface area contributed by atoms with Crippen LogP contribution in [0.25, 0.3) is 6.08 Å². The van der Waals surface area contributed by atoms with Crippen molar-refractivity contribution in [1.29, 1.82) is 0 Å². The Morgan fingerprint density at radius 3 is 2.64 bits per heavy atom. The zero-order valence-corrected chi connectivity index (χ0v) is 7.91. The maximum atomic E-state index is 11.4. The van der Waals surface area contributed by atoms with Crippen molar-refractivity contribution >= 4 is 17.6 Å². The van der Waals surface area contributed by atoms with E-state index in [4.69, 9.17) is 0 Å². The maximum Gasteiger partial charge on any atom is 0.233 e. The van der Waals surface area contributed by atoms with Crippen molar-refractivity contribution in [3.05, 3.63) is 41.0 Å². The molecule has 70 valence electrons. The van der Waals surface area contributed by atoms with Gasteiger partial charge >= 0.3 is 0 Å². The van der Waals surface area contributed by atoms with Gasteiger partial charge in [-0.3, -0.25) is 9.59 Å². The number of hydrogen-bond donors (Lipinski definition) is 0. The van der Waals surface area contributed by atoms with E-state index in [0.29, 0.717) is 5.56 Å². The first kappa shape index (κ1) is 8.88. The second-order valence-electron chi connectivity index (χ2n) is 3.30. The molecule has 0 N–H and O–H groups in total. The monoisotopic (exact) mass is 186 g/mol. The van der Waals surface area contributed by atoms with Gasteiger partial charge in [-0.1, -0.05) is 31.2 Å². The van der Waals surface area contributed by atoms with Crippen molar-refractivity contribution in [2.24, 2.45) is 0 Å². The number of ketones is 2. The largest absolute Gasteiger partial charge is 0.286 e. The minimum atomic E-state index is -0.429. The van der Waals surface area contributed by atoms with Crippen LogP contribution in [-0.4, -0.2) is 11.6 Å². The third-order valence-electron chi connectivity index (χ3n) is 2.41. The molecule has 2 heteroatoms. The van der Waals surface area contributed by atoms with Crippen LogP contribution in [0.5, 0.6) is 0 Å². The highest BCUT2D eigenvalue weighted by Crippen LogP contribution is 2.19. The molecule has 0 saturated heterocycles. The summed E-state index contributed by atoms with van der Waals surface area (Å²) in [6.07, 6.45) is 3.98. The van der Waals surface area contributed by atoms with Crippen LogP contribution in [-0.2, 0) is 11.2 Å². The second-order valence-corrected chi connectivity index (χ2v) is 3.30. The first-order valence-corrected chi connectivity index (χ1v) is 4.62. The maximum absolute atomic E-state index is 11.4. The lowest BCUT2D eigenvalue weighted by molar-refractivity contribution is -0.110. The molecule has 0 unspecified atom stereocenters. The lowest BCUT2D eigenvalue weighted by Gasteiger charge is -2.09. The minimum Gasteiger partial charge on any atom is -0.286 e. The molecule has 1 aromatic rings. The lowest BCUT2D eigenvalue weighted by atomic mass is 9.93. The van der Waals surface area contributed by atoms with Crippen molar-refractivity contribution < 1.29 is 9.59 Å². The second kappa shape index (κ2) is 3.22. The van der Waals surface area contributed by atoms with Crippen molar-refractivity contribution in [3.63, 3.8) is 0 Å². The summed E-state index contributed by atoms with van der Waals surface area (Å²) >= 11 is 0. The van der Waals surface area contributed by atoms with E-state index in [1.165, 1.54) is 11.6 Å². The van der Waals surface area contributed by atoms with E-state index in [-0.39, 0.29) is 0 Å². The summed E-state index contributed by atoms with van der Waals surface area (Å²) in [5.74, 6) is -0.827. The summed E-state index contributed by atoms with van der Waals surface area (Å²) in [5.41, 5.74) is 2.55. The zero-order valence-electron chi connectivity index (χ0n) is 7.91. The molecule has 0 aliphatic heterocycles. The van der Waals surface area contributed by atoms with Crippen LogP contribution in [0.15, 0.2) is 24.3 Å². The molecular weight excluding hydrogens is 176 g/mol. The van der Waals surface area contributed by atoms with Gasteiger partial charge in [-0.25, -0.2) is 0 Å². The molecule has 0 amide bonds. The van der Waals surface area contributed by atoms with E-state index >= 15 is 0 Å². The van der Waals surface area contributed by atoms with E-state index in [2.05, 4.69) is 6.92 Å². The number of carbonyl (C=O) groups is 2. The predicted molar refractivity (Wildman–Crippen MR) is 54.2 cm³/mol. The SMILES string of the molecule is CCc1ccc2c(c1)C=CC(=O)C2=O. The number of Topliss-reactive ketones (excluding diaryl/α,β-unsaturated/α-hetero) is 1. The van der Waals surface area contributed by atoms with Gasteiger partial charge in [0.2, 0.25) is 11.6 Å². The van der Waals surface area contributed by atoms with Gasteiger partial charge in [-0.2, -0.15) is 0 Å². The molecule has 0 atom stereocenters. The van der Waals surface area contributed by atoms with Crippen molar-refractivity contribution in [3.8, 4) is 0 Å². The van der Waals surface area contributed by atoms with Crippen LogP contribution >= 0.6 is 0 Å². The van der Waals surface area contributed by atoms with E-state index < -0.39 is 11.6 Å².